The lowest BCUT2D eigenvalue weighted by molar-refractivity contribution is -0.127. The third-order valence-corrected chi connectivity index (χ3v) is 10.1. The minimum Gasteiger partial charge on any atom is -0.497 e. The fraction of sp³-hybridized carbons (Fsp3) is 0.667. The number of ether oxygens (including phenoxy) is 1. The van der Waals surface area contributed by atoms with Gasteiger partial charge in [0.2, 0.25) is 26.0 Å². The lowest BCUT2D eigenvalue weighted by Crippen LogP contribution is -2.51. The van der Waals surface area contributed by atoms with Gasteiger partial charge in [-0.15, -0.1) is 0 Å². The Morgan fingerprint density at radius 2 is 1.69 bits per heavy atom. The van der Waals surface area contributed by atoms with Gasteiger partial charge in [0.1, 0.15) is 5.75 Å². The van der Waals surface area contributed by atoms with Crippen LogP contribution < -0.4 is 10.1 Å². The molecule has 1 aromatic carbocycles. The molecule has 32 heavy (non-hydrogen) atoms. The van der Waals surface area contributed by atoms with E-state index in [0.717, 1.165) is 0 Å². The number of benzene rings is 1. The molecule has 2 aliphatic rings. The van der Waals surface area contributed by atoms with Crippen LogP contribution in [0.4, 0.5) is 0 Å². The van der Waals surface area contributed by atoms with Crippen molar-refractivity contribution >= 4 is 26.0 Å². The van der Waals surface area contributed by atoms with Crippen LogP contribution in [0, 0.1) is 5.92 Å². The Morgan fingerprint density at radius 3 is 2.28 bits per heavy atom. The molecular formula is C21H33N3O6S2. The molecule has 0 unspecified atom stereocenters. The van der Waals surface area contributed by atoms with Crippen LogP contribution in [0.15, 0.2) is 29.2 Å². The second-order valence-corrected chi connectivity index (χ2v) is 12.4. The smallest absolute Gasteiger partial charge is 0.243 e. The standard InChI is InChI=1S/C21H33N3O6S2/c1-3-15-31(26,27)24-12-4-5-17(16-24)21(25)22-18-10-13-23(14-11-18)32(28,29)20-8-6-19(30-2)7-9-20/h6-9,17-18H,3-5,10-16H2,1-2H3,(H,22,25)/t17-/m0/s1. The molecule has 1 aromatic rings. The van der Waals surface area contributed by atoms with E-state index in [2.05, 4.69) is 5.32 Å². The molecule has 180 valence electrons. The van der Waals surface area contributed by atoms with Crippen molar-refractivity contribution in [2.24, 2.45) is 5.92 Å². The number of hydrogen-bond donors (Lipinski definition) is 1. The number of nitrogens with one attached hydrogen (secondary N) is 1. The van der Waals surface area contributed by atoms with Crippen LogP contribution in [0.1, 0.15) is 39.0 Å². The fourth-order valence-electron chi connectivity index (χ4n) is 4.25. The molecule has 11 heteroatoms. The largest absolute Gasteiger partial charge is 0.497 e. The molecule has 0 radical (unpaired) electrons. The van der Waals surface area contributed by atoms with E-state index in [4.69, 9.17) is 4.74 Å². The highest BCUT2D eigenvalue weighted by Gasteiger charge is 2.34. The molecule has 0 aliphatic carbocycles. The van der Waals surface area contributed by atoms with E-state index in [1.54, 1.807) is 12.1 Å². The van der Waals surface area contributed by atoms with Crippen LogP contribution in [0.3, 0.4) is 0 Å². The number of sulfonamides is 2. The molecule has 3 rings (SSSR count). The van der Waals surface area contributed by atoms with Crippen LogP contribution in [-0.2, 0) is 24.8 Å². The van der Waals surface area contributed by atoms with E-state index in [1.807, 2.05) is 6.92 Å². The molecule has 9 nitrogen and oxygen atoms in total. The molecule has 0 aromatic heterocycles. The van der Waals surface area contributed by atoms with Crippen LogP contribution in [0.5, 0.6) is 5.75 Å². The molecule has 0 saturated carbocycles. The average Bonchev–Trinajstić information content (AvgIpc) is 2.79. The van der Waals surface area contributed by atoms with Gasteiger partial charge in [0.25, 0.3) is 0 Å². The van der Waals surface area contributed by atoms with Gasteiger partial charge >= 0.3 is 0 Å². The van der Waals surface area contributed by atoms with Crippen molar-refractivity contribution in [2.75, 3.05) is 39.0 Å². The van der Waals surface area contributed by atoms with Gasteiger partial charge in [-0.2, -0.15) is 4.31 Å². The second-order valence-electron chi connectivity index (χ2n) is 8.38. The SMILES string of the molecule is CCCS(=O)(=O)N1CCC[C@H](C(=O)NC2CCN(S(=O)(=O)c3ccc(OC)cc3)CC2)C1. The second kappa shape index (κ2) is 10.5. The summed E-state index contributed by atoms with van der Waals surface area (Å²) in [6, 6.07) is 6.18. The van der Waals surface area contributed by atoms with Gasteiger partial charge < -0.3 is 10.1 Å². The van der Waals surface area contributed by atoms with Gasteiger partial charge in [0, 0.05) is 32.2 Å². The first-order valence-corrected chi connectivity index (χ1v) is 14.1. The van der Waals surface area contributed by atoms with Gasteiger partial charge in [-0.05, 0) is 56.4 Å². The zero-order valence-corrected chi connectivity index (χ0v) is 20.3. The van der Waals surface area contributed by atoms with E-state index in [0.29, 0.717) is 57.5 Å². The number of piperidine rings is 2. The third-order valence-electron chi connectivity index (χ3n) is 6.11. The maximum Gasteiger partial charge on any atom is 0.243 e. The topological polar surface area (TPSA) is 113 Å². The number of carbonyl (C=O) groups excluding carboxylic acids is 1. The Balaban J connectivity index is 1.53. The summed E-state index contributed by atoms with van der Waals surface area (Å²) in [5, 5.41) is 3.02. The first-order chi connectivity index (χ1) is 15.2. The quantitative estimate of drug-likeness (QED) is 0.593. The number of carbonyl (C=O) groups is 1. The van der Waals surface area contributed by atoms with Gasteiger partial charge in [-0.1, -0.05) is 6.92 Å². The van der Waals surface area contributed by atoms with Crippen LogP contribution in [0.25, 0.3) is 0 Å². The monoisotopic (exact) mass is 487 g/mol. The summed E-state index contributed by atoms with van der Waals surface area (Å²) >= 11 is 0. The van der Waals surface area contributed by atoms with Crippen LogP contribution in [-0.4, -0.2) is 76.4 Å². The zero-order chi connectivity index (χ0) is 23.4. The molecule has 2 saturated heterocycles. The lowest BCUT2D eigenvalue weighted by atomic mass is 9.97. The molecule has 0 spiro atoms. The molecule has 2 fully saturated rings. The summed E-state index contributed by atoms with van der Waals surface area (Å²) < 4.78 is 58.4. The summed E-state index contributed by atoms with van der Waals surface area (Å²) in [6.07, 6.45) is 2.92. The Hall–Kier alpha value is -1.69. The summed E-state index contributed by atoms with van der Waals surface area (Å²) in [5.41, 5.74) is 0. The Labute approximate surface area is 191 Å². The maximum atomic E-state index is 12.9. The van der Waals surface area contributed by atoms with E-state index < -0.39 is 20.0 Å². The number of nitrogens with zero attached hydrogens (tertiary/aromatic N) is 2. The number of hydrogen-bond acceptors (Lipinski definition) is 6. The van der Waals surface area contributed by atoms with E-state index in [9.17, 15) is 21.6 Å². The van der Waals surface area contributed by atoms with Crippen molar-refractivity contribution in [2.45, 2.75) is 50.0 Å². The Morgan fingerprint density at radius 1 is 1.03 bits per heavy atom. The number of amides is 1. The highest BCUT2D eigenvalue weighted by molar-refractivity contribution is 7.89. The average molecular weight is 488 g/mol. The van der Waals surface area contributed by atoms with Crippen LogP contribution in [0.2, 0.25) is 0 Å². The molecule has 0 bridgehead atoms. The Bertz CT molecular complexity index is 987. The minimum atomic E-state index is -3.60. The third kappa shape index (κ3) is 5.81. The Kier molecular flexibility index (Phi) is 8.18. The van der Waals surface area contributed by atoms with Crippen molar-refractivity contribution in [3.63, 3.8) is 0 Å². The van der Waals surface area contributed by atoms with Crippen molar-refractivity contribution in [3.8, 4) is 5.75 Å². The molecule has 2 heterocycles. The van der Waals surface area contributed by atoms with Gasteiger partial charge in [-0.25, -0.2) is 21.1 Å². The van der Waals surface area contributed by atoms with Crippen molar-refractivity contribution in [1.82, 2.24) is 13.9 Å². The van der Waals surface area contributed by atoms with Gasteiger partial charge in [0.15, 0.2) is 0 Å². The van der Waals surface area contributed by atoms with Gasteiger partial charge in [-0.3, -0.25) is 4.79 Å². The lowest BCUT2D eigenvalue weighted by Gasteiger charge is -2.34. The van der Waals surface area contributed by atoms with Crippen molar-refractivity contribution in [3.05, 3.63) is 24.3 Å². The highest BCUT2D eigenvalue weighted by Crippen LogP contribution is 2.24. The number of rotatable bonds is 8. The van der Waals surface area contributed by atoms with E-state index >= 15 is 0 Å². The summed E-state index contributed by atoms with van der Waals surface area (Å²) in [7, 11) is -5.39. The first-order valence-electron chi connectivity index (χ1n) is 11.1. The number of methoxy groups -OCH3 is 1. The van der Waals surface area contributed by atoms with E-state index in [-0.39, 0.29) is 35.1 Å². The minimum absolute atomic E-state index is 0.0997. The predicted molar refractivity (Wildman–Crippen MR) is 121 cm³/mol. The van der Waals surface area contributed by atoms with Crippen molar-refractivity contribution < 1.29 is 26.4 Å². The molecule has 1 atom stereocenters. The molecule has 1 N–H and O–H groups in total. The molecular weight excluding hydrogens is 454 g/mol. The zero-order valence-electron chi connectivity index (χ0n) is 18.7. The highest BCUT2D eigenvalue weighted by atomic mass is 32.2. The predicted octanol–water partition coefficient (Wildman–Crippen LogP) is 1.42. The maximum absolute atomic E-state index is 12.9. The first kappa shape index (κ1) is 24.9. The normalized spacial score (nSPS) is 21.9. The van der Waals surface area contributed by atoms with Crippen molar-refractivity contribution in [1.29, 1.82) is 0 Å². The molecule has 2 aliphatic heterocycles. The summed E-state index contributed by atoms with van der Waals surface area (Å²) in [6.45, 7) is 3.15. The van der Waals surface area contributed by atoms with Gasteiger partial charge in [0.05, 0.1) is 23.7 Å². The summed E-state index contributed by atoms with van der Waals surface area (Å²) in [4.78, 5) is 13.0. The molecule has 1 amide bonds. The summed E-state index contributed by atoms with van der Waals surface area (Å²) in [5.74, 6) is 0.186. The fourth-order valence-corrected chi connectivity index (χ4v) is 7.31. The van der Waals surface area contributed by atoms with Crippen LogP contribution >= 0.6 is 0 Å². The van der Waals surface area contributed by atoms with E-state index in [1.165, 1.54) is 27.9 Å².